The highest BCUT2D eigenvalue weighted by Gasteiger charge is 2.16. The summed E-state index contributed by atoms with van der Waals surface area (Å²) in [5.41, 5.74) is 0. The third kappa shape index (κ3) is 2.25. The molecule has 0 saturated heterocycles. The van der Waals surface area contributed by atoms with Crippen molar-refractivity contribution in [3.8, 4) is 17.6 Å². The van der Waals surface area contributed by atoms with Crippen molar-refractivity contribution >= 4 is 17.2 Å². The van der Waals surface area contributed by atoms with Gasteiger partial charge in [0.1, 0.15) is 5.75 Å². The number of benzene rings is 1. The summed E-state index contributed by atoms with van der Waals surface area (Å²) in [4.78, 5) is 10.4. The zero-order chi connectivity index (χ0) is 13.0. The Hall–Kier alpha value is -2.17. The van der Waals surface area contributed by atoms with Gasteiger partial charge in [-0.3, -0.25) is 4.79 Å². The number of hydrogen-bond donors (Lipinski definition) is 0. The summed E-state index contributed by atoms with van der Waals surface area (Å²) >= 11 is 0. The Morgan fingerprint density at radius 3 is 2.78 bits per heavy atom. The van der Waals surface area contributed by atoms with Crippen molar-refractivity contribution in [2.75, 3.05) is 13.7 Å². The highest BCUT2D eigenvalue weighted by molar-refractivity contribution is 5.92. The molecule has 0 aliphatic rings. The summed E-state index contributed by atoms with van der Waals surface area (Å²) in [5.74, 6) is 1.12. The van der Waals surface area contributed by atoms with E-state index >= 15 is 0 Å². The van der Waals surface area contributed by atoms with Gasteiger partial charge in [0.2, 0.25) is 0 Å². The molecular weight excluding hydrogens is 236 g/mol. The van der Waals surface area contributed by atoms with Gasteiger partial charge in [0.05, 0.1) is 24.5 Å². The van der Waals surface area contributed by atoms with E-state index < -0.39 is 0 Å². The Bertz CT molecular complexity index is 544. The molecule has 0 atom stereocenters. The molecule has 5 nitrogen and oxygen atoms in total. The van der Waals surface area contributed by atoms with Gasteiger partial charge >= 0.3 is 12.4 Å². The van der Waals surface area contributed by atoms with Crippen molar-refractivity contribution in [3.63, 3.8) is 0 Å². The van der Waals surface area contributed by atoms with Gasteiger partial charge in [-0.2, -0.15) is 0 Å². The molecule has 0 amide bonds. The van der Waals surface area contributed by atoms with E-state index in [1.54, 1.807) is 25.3 Å². The van der Waals surface area contributed by atoms with Crippen LogP contribution in [0.3, 0.4) is 0 Å². The Balaban J connectivity index is 2.49. The van der Waals surface area contributed by atoms with Crippen LogP contribution < -0.4 is 14.2 Å². The molecule has 1 aromatic carbocycles. The first-order valence-electron chi connectivity index (χ1n) is 5.63. The number of carbonyl (C=O) groups is 1. The number of methoxy groups -OCH3 is 1. The van der Waals surface area contributed by atoms with E-state index in [4.69, 9.17) is 18.6 Å². The lowest BCUT2D eigenvalue weighted by molar-refractivity contribution is -0.121. The smallest absolute Gasteiger partial charge is 0.303 e. The van der Waals surface area contributed by atoms with Crippen molar-refractivity contribution in [2.24, 2.45) is 0 Å². The van der Waals surface area contributed by atoms with Crippen LogP contribution in [0.1, 0.15) is 13.3 Å². The number of hydrogen-bond acceptors (Lipinski definition) is 5. The molecule has 0 radical (unpaired) electrons. The maximum absolute atomic E-state index is 10.4. The summed E-state index contributed by atoms with van der Waals surface area (Å²) < 4.78 is 20.8. The third-order valence-corrected chi connectivity index (χ3v) is 2.44. The minimum absolute atomic E-state index is 0.116. The van der Waals surface area contributed by atoms with Crippen LogP contribution in [0.5, 0.6) is 17.6 Å². The van der Waals surface area contributed by atoms with Crippen LogP contribution in [0.15, 0.2) is 22.6 Å². The van der Waals surface area contributed by atoms with Gasteiger partial charge in [-0.15, -0.1) is 0 Å². The van der Waals surface area contributed by atoms with Crippen LogP contribution in [0, 0.1) is 0 Å². The lowest BCUT2D eigenvalue weighted by Crippen LogP contribution is -1.93. The second kappa shape index (κ2) is 5.44. The number of rotatable bonds is 6. The number of carbonyl (C=O) groups excluding carboxylic acids is 1. The van der Waals surface area contributed by atoms with E-state index in [2.05, 4.69) is 0 Å². The number of furan rings is 1. The van der Waals surface area contributed by atoms with Crippen LogP contribution in [0.25, 0.3) is 10.8 Å². The summed E-state index contributed by atoms with van der Waals surface area (Å²) in [6, 6.07) is 5.33. The molecule has 0 aliphatic heterocycles. The molecule has 0 bridgehead atoms. The zero-order valence-corrected chi connectivity index (χ0v) is 10.3. The third-order valence-electron chi connectivity index (χ3n) is 2.44. The van der Waals surface area contributed by atoms with Crippen LogP contribution in [-0.4, -0.2) is 20.2 Å². The summed E-state index contributed by atoms with van der Waals surface area (Å²) in [5, 5.41) is 1.40. The molecule has 0 unspecified atom stereocenters. The van der Waals surface area contributed by atoms with E-state index in [0.717, 1.165) is 11.8 Å². The lowest BCUT2D eigenvalue weighted by Gasteiger charge is -2.00. The predicted molar refractivity (Wildman–Crippen MR) is 65.2 cm³/mol. The average molecular weight is 250 g/mol. The van der Waals surface area contributed by atoms with Gasteiger partial charge in [0, 0.05) is 0 Å². The second-order valence-electron chi connectivity index (χ2n) is 3.65. The molecule has 96 valence electrons. The van der Waals surface area contributed by atoms with Crippen LogP contribution in [0.2, 0.25) is 0 Å². The molecular formula is C13H14O5. The van der Waals surface area contributed by atoms with Crippen LogP contribution in [-0.2, 0) is 4.79 Å². The summed E-state index contributed by atoms with van der Waals surface area (Å²) in [7, 11) is 1.57. The van der Waals surface area contributed by atoms with E-state index in [1.807, 2.05) is 6.92 Å². The van der Waals surface area contributed by atoms with Gasteiger partial charge in [0.15, 0.2) is 0 Å². The topological polar surface area (TPSA) is 57.9 Å². The van der Waals surface area contributed by atoms with Crippen molar-refractivity contribution in [1.29, 1.82) is 0 Å². The Labute approximate surface area is 104 Å². The first kappa shape index (κ1) is 12.3. The first-order chi connectivity index (χ1) is 8.80. The standard InChI is InChI=1S/C13H14O5/c1-3-6-16-12-10-5-4-9(15-2)7-11(10)13(18-12)17-8-14/h4-5,7-8H,3,6H2,1-2H3. The molecule has 0 aliphatic carbocycles. The van der Waals surface area contributed by atoms with Gasteiger partial charge in [-0.05, 0) is 24.6 Å². The summed E-state index contributed by atoms with van der Waals surface area (Å²) in [6.45, 7) is 2.85. The second-order valence-corrected chi connectivity index (χ2v) is 3.65. The SMILES string of the molecule is CCCOc1oc(OC=O)c2cc(OC)ccc12. The average Bonchev–Trinajstić information content (AvgIpc) is 2.74. The van der Waals surface area contributed by atoms with Gasteiger partial charge in [-0.1, -0.05) is 6.92 Å². The maximum atomic E-state index is 10.4. The Morgan fingerprint density at radius 2 is 2.11 bits per heavy atom. The van der Waals surface area contributed by atoms with Crippen molar-refractivity contribution in [1.82, 2.24) is 0 Å². The highest BCUT2D eigenvalue weighted by Crippen LogP contribution is 2.39. The highest BCUT2D eigenvalue weighted by atomic mass is 16.7. The minimum atomic E-state index is 0.116. The monoisotopic (exact) mass is 250 g/mol. The number of ether oxygens (including phenoxy) is 3. The lowest BCUT2D eigenvalue weighted by atomic mass is 10.2. The molecule has 0 N–H and O–H groups in total. The Kier molecular flexibility index (Phi) is 3.72. The molecule has 2 aromatic rings. The molecule has 18 heavy (non-hydrogen) atoms. The van der Waals surface area contributed by atoms with Gasteiger partial charge in [-0.25, -0.2) is 0 Å². The van der Waals surface area contributed by atoms with E-state index in [1.165, 1.54) is 0 Å². The first-order valence-corrected chi connectivity index (χ1v) is 5.63. The minimum Gasteiger partial charge on any atom is -0.497 e. The fourth-order valence-electron chi connectivity index (χ4n) is 1.62. The molecule has 1 aromatic heterocycles. The maximum Gasteiger partial charge on any atom is 0.303 e. The molecule has 1 heterocycles. The predicted octanol–water partition coefficient (Wildman–Crippen LogP) is 2.77. The van der Waals surface area contributed by atoms with E-state index in [0.29, 0.717) is 30.2 Å². The quantitative estimate of drug-likeness (QED) is 0.738. The van der Waals surface area contributed by atoms with E-state index in [-0.39, 0.29) is 5.95 Å². The zero-order valence-electron chi connectivity index (χ0n) is 10.3. The van der Waals surface area contributed by atoms with Crippen LogP contribution in [0.4, 0.5) is 0 Å². The number of fused-ring (bicyclic) bond motifs is 1. The fourth-order valence-corrected chi connectivity index (χ4v) is 1.62. The van der Waals surface area contributed by atoms with Gasteiger partial charge < -0.3 is 18.6 Å². The molecule has 2 rings (SSSR count). The molecule has 0 saturated carbocycles. The summed E-state index contributed by atoms with van der Waals surface area (Å²) in [6.07, 6.45) is 0.863. The largest absolute Gasteiger partial charge is 0.497 e. The molecule has 5 heteroatoms. The molecule has 0 fully saturated rings. The van der Waals surface area contributed by atoms with Gasteiger partial charge in [0.25, 0.3) is 5.95 Å². The van der Waals surface area contributed by atoms with Crippen molar-refractivity contribution in [3.05, 3.63) is 18.2 Å². The van der Waals surface area contributed by atoms with Crippen molar-refractivity contribution in [2.45, 2.75) is 13.3 Å². The molecule has 0 spiro atoms. The fraction of sp³-hybridized carbons (Fsp3) is 0.308. The van der Waals surface area contributed by atoms with E-state index in [9.17, 15) is 4.79 Å². The Morgan fingerprint density at radius 1 is 1.28 bits per heavy atom. The normalized spacial score (nSPS) is 10.3. The van der Waals surface area contributed by atoms with Crippen molar-refractivity contribution < 1.29 is 23.4 Å². The van der Waals surface area contributed by atoms with Crippen LogP contribution >= 0.6 is 0 Å².